The van der Waals surface area contributed by atoms with E-state index >= 15 is 0 Å². The molecule has 7 heteroatoms. The van der Waals surface area contributed by atoms with E-state index in [0.29, 0.717) is 29.9 Å². The molecule has 0 unspecified atom stereocenters. The summed E-state index contributed by atoms with van der Waals surface area (Å²) in [6.45, 7) is 0.414. The summed E-state index contributed by atoms with van der Waals surface area (Å²) in [5.41, 5.74) is 1.12. The van der Waals surface area contributed by atoms with Crippen LogP contribution in [0.3, 0.4) is 0 Å². The number of benzene rings is 2. The van der Waals surface area contributed by atoms with E-state index in [2.05, 4.69) is 5.32 Å². The summed E-state index contributed by atoms with van der Waals surface area (Å²) < 4.78 is 38.4. The van der Waals surface area contributed by atoms with Crippen LogP contribution in [0.15, 0.2) is 48.5 Å². The molecule has 0 saturated carbocycles. The van der Waals surface area contributed by atoms with Gasteiger partial charge in [-0.1, -0.05) is 12.1 Å². The van der Waals surface area contributed by atoms with Crippen molar-refractivity contribution >= 4 is 27.3 Å². The molecule has 0 bridgehead atoms. The molecule has 0 radical (unpaired) electrons. The number of sulfonamides is 1. The van der Waals surface area contributed by atoms with Gasteiger partial charge in [0.15, 0.2) is 0 Å². The minimum absolute atomic E-state index is 0.118. The van der Waals surface area contributed by atoms with Crippen LogP contribution in [0.4, 0.5) is 15.8 Å². The minimum atomic E-state index is -3.30. The highest BCUT2D eigenvalue weighted by Crippen LogP contribution is 2.25. The number of halogens is 1. The van der Waals surface area contributed by atoms with Gasteiger partial charge in [0.2, 0.25) is 10.0 Å². The smallest absolute Gasteiger partial charge is 0.255 e. The van der Waals surface area contributed by atoms with Crippen molar-refractivity contribution in [3.05, 3.63) is 59.9 Å². The maximum atomic E-state index is 13.1. The van der Waals surface area contributed by atoms with Gasteiger partial charge in [0.1, 0.15) is 5.82 Å². The molecule has 0 spiro atoms. The number of nitrogens with one attached hydrogen (secondary N) is 1. The number of amides is 1. The lowest BCUT2D eigenvalue weighted by molar-refractivity contribution is 0.102. The Labute approximate surface area is 133 Å². The van der Waals surface area contributed by atoms with Crippen molar-refractivity contribution in [2.24, 2.45) is 0 Å². The summed E-state index contributed by atoms with van der Waals surface area (Å²) >= 11 is 0. The van der Waals surface area contributed by atoms with Crippen LogP contribution < -0.4 is 9.62 Å². The molecule has 0 aromatic heterocycles. The number of anilines is 2. The second-order valence-corrected chi connectivity index (χ2v) is 7.27. The number of carbonyl (C=O) groups is 1. The first-order valence-corrected chi connectivity index (χ1v) is 8.74. The van der Waals surface area contributed by atoms with Crippen molar-refractivity contribution in [2.45, 2.75) is 6.42 Å². The topological polar surface area (TPSA) is 66.5 Å². The number of hydrogen-bond acceptors (Lipinski definition) is 3. The predicted octanol–water partition coefficient (Wildman–Crippen LogP) is 2.62. The summed E-state index contributed by atoms with van der Waals surface area (Å²) in [4.78, 5) is 12.3. The maximum absolute atomic E-state index is 13.1. The standard InChI is InChI=1S/C16H15FN2O3S/c17-13-5-2-6-14(11-13)18-16(20)12-4-1-7-15(10-12)19-8-3-9-23(19,21)22/h1-2,4-7,10-11H,3,8-9H2,(H,18,20). The highest BCUT2D eigenvalue weighted by molar-refractivity contribution is 7.93. The van der Waals surface area contributed by atoms with Gasteiger partial charge in [-0.05, 0) is 42.8 Å². The second kappa shape index (κ2) is 6.00. The molecule has 5 nitrogen and oxygen atoms in total. The molecule has 1 amide bonds. The Kier molecular flexibility index (Phi) is 4.04. The molecular formula is C16H15FN2O3S. The van der Waals surface area contributed by atoms with Gasteiger partial charge in [0, 0.05) is 17.8 Å². The Balaban J connectivity index is 1.83. The molecule has 1 N–H and O–H groups in total. The Morgan fingerprint density at radius 1 is 1.13 bits per heavy atom. The molecular weight excluding hydrogens is 319 g/mol. The maximum Gasteiger partial charge on any atom is 0.255 e. The molecule has 1 fully saturated rings. The average molecular weight is 334 g/mol. The van der Waals surface area contributed by atoms with Crippen LogP contribution >= 0.6 is 0 Å². The van der Waals surface area contributed by atoms with Crippen molar-refractivity contribution in [3.8, 4) is 0 Å². The highest BCUT2D eigenvalue weighted by Gasteiger charge is 2.28. The summed E-state index contributed by atoms with van der Waals surface area (Å²) in [5, 5.41) is 2.59. The molecule has 0 aliphatic carbocycles. The molecule has 1 heterocycles. The van der Waals surface area contributed by atoms with E-state index in [1.807, 2.05) is 0 Å². The van der Waals surface area contributed by atoms with Crippen LogP contribution in [0.5, 0.6) is 0 Å². The zero-order valence-corrected chi connectivity index (χ0v) is 13.0. The van der Waals surface area contributed by atoms with E-state index in [9.17, 15) is 17.6 Å². The summed E-state index contributed by atoms with van der Waals surface area (Å²) in [7, 11) is -3.30. The summed E-state index contributed by atoms with van der Waals surface area (Å²) in [5.74, 6) is -0.749. The largest absolute Gasteiger partial charge is 0.322 e. The second-order valence-electron chi connectivity index (χ2n) is 5.26. The predicted molar refractivity (Wildman–Crippen MR) is 86.5 cm³/mol. The monoisotopic (exact) mass is 334 g/mol. The van der Waals surface area contributed by atoms with Crippen molar-refractivity contribution in [1.82, 2.24) is 0 Å². The van der Waals surface area contributed by atoms with E-state index in [1.54, 1.807) is 24.3 Å². The van der Waals surface area contributed by atoms with E-state index in [0.717, 1.165) is 0 Å². The van der Waals surface area contributed by atoms with E-state index in [1.165, 1.54) is 28.6 Å². The molecule has 3 rings (SSSR count). The van der Waals surface area contributed by atoms with Gasteiger partial charge in [-0.2, -0.15) is 0 Å². The Hall–Kier alpha value is -2.41. The van der Waals surface area contributed by atoms with Crippen LogP contribution in [0.2, 0.25) is 0 Å². The van der Waals surface area contributed by atoms with Gasteiger partial charge < -0.3 is 5.32 Å². The Morgan fingerprint density at radius 3 is 2.61 bits per heavy atom. The molecule has 120 valence electrons. The number of hydrogen-bond donors (Lipinski definition) is 1. The van der Waals surface area contributed by atoms with E-state index in [4.69, 9.17) is 0 Å². The van der Waals surface area contributed by atoms with Gasteiger partial charge >= 0.3 is 0 Å². The van der Waals surface area contributed by atoms with E-state index < -0.39 is 21.7 Å². The fraction of sp³-hybridized carbons (Fsp3) is 0.188. The van der Waals surface area contributed by atoms with Crippen molar-refractivity contribution < 1.29 is 17.6 Å². The van der Waals surface area contributed by atoms with Gasteiger partial charge in [-0.25, -0.2) is 12.8 Å². The highest BCUT2D eigenvalue weighted by atomic mass is 32.2. The van der Waals surface area contributed by atoms with Gasteiger partial charge in [-0.3, -0.25) is 9.10 Å². The third-order valence-electron chi connectivity index (χ3n) is 3.58. The Bertz CT molecular complexity index is 852. The fourth-order valence-corrected chi connectivity index (χ4v) is 4.06. The van der Waals surface area contributed by atoms with Gasteiger partial charge in [0.05, 0.1) is 11.4 Å². The van der Waals surface area contributed by atoms with Crippen molar-refractivity contribution in [2.75, 3.05) is 21.9 Å². The number of rotatable bonds is 3. The lowest BCUT2D eigenvalue weighted by Crippen LogP contribution is -2.25. The lowest BCUT2D eigenvalue weighted by Gasteiger charge is -2.17. The zero-order chi connectivity index (χ0) is 16.4. The molecule has 23 heavy (non-hydrogen) atoms. The van der Waals surface area contributed by atoms with E-state index in [-0.39, 0.29) is 5.75 Å². The Morgan fingerprint density at radius 2 is 1.91 bits per heavy atom. The van der Waals surface area contributed by atoms with Crippen LogP contribution in [-0.2, 0) is 10.0 Å². The molecule has 2 aromatic rings. The summed E-state index contributed by atoms with van der Waals surface area (Å²) in [6, 6.07) is 12.0. The van der Waals surface area contributed by atoms with Crippen LogP contribution in [-0.4, -0.2) is 26.6 Å². The first kappa shape index (κ1) is 15.5. The quantitative estimate of drug-likeness (QED) is 0.938. The van der Waals surface area contributed by atoms with Gasteiger partial charge in [-0.15, -0.1) is 0 Å². The minimum Gasteiger partial charge on any atom is -0.322 e. The van der Waals surface area contributed by atoms with Crippen LogP contribution in [0, 0.1) is 5.82 Å². The first-order chi connectivity index (χ1) is 11.0. The number of nitrogens with zero attached hydrogens (tertiary/aromatic N) is 1. The summed E-state index contributed by atoms with van der Waals surface area (Å²) in [6.07, 6.45) is 0.571. The fourth-order valence-electron chi connectivity index (χ4n) is 2.50. The molecule has 1 aliphatic rings. The third kappa shape index (κ3) is 3.34. The lowest BCUT2D eigenvalue weighted by atomic mass is 10.1. The SMILES string of the molecule is O=C(Nc1cccc(F)c1)c1cccc(N2CCCS2(=O)=O)c1. The number of carbonyl (C=O) groups excluding carboxylic acids is 1. The van der Waals surface area contributed by atoms with Gasteiger partial charge in [0.25, 0.3) is 5.91 Å². The third-order valence-corrected chi connectivity index (χ3v) is 5.45. The van der Waals surface area contributed by atoms with Crippen molar-refractivity contribution in [3.63, 3.8) is 0 Å². The molecule has 2 aromatic carbocycles. The first-order valence-electron chi connectivity index (χ1n) is 7.13. The molecule has 0 atom stereocenters. The van der Waals surface area contributed by atoms with Crippen LogP contribution in [0.25, 0.3) is 0 Å². The zero-order valence-electron chi connectivity index (χ0n) is 12.2. The van der Waals surface area contributed by atoms with Crippen molar-refractivity contribution in [1.29, 1.82) is 0 Å². The molecule has 1 aliphatic heterocycles. The molecule has 1 saturated heterocycles. The van der Waals surface area contributed by atoms with Crippen LogP contribution in [0.1, 0.15) is 16.8 Å². The average Bonchev–Trinajstić information content (AvgIpc) is 2.87. The normalized spacial score (nSPS) is 16.3.